The van der Waals surface area contributed by atoms with Gasteiger partial charge in [0.05, 0.1) is 19.8 Å². The number of nitrogens with two attached hydrogens (primary N) is 1. The summed E-state index contributed by atoms with van der Waals surface area (Å²) in [4.78, 5) is 0. The highest BCUT2D eigenvalue weighted by atomic mass is 16.5. The Labute approximate surface area is 109 Å². The smallest absolute Gasteiger partial charge is 0.0700 e. The molecule has 0 atom stereocenters. The van der Waals surface area contributed by atoms with Crippen LogP contribution >= 0.6 is 0 Å². The van der Waals surface area contributed by atoms with Gasteiger partial charge in [0.25, 0.3) is 0 Å². The van der Waals surface area contributed by atoms with Gasteiger partial charge in [0, 0.05) is 26.0 Å². The Hall–Kier alpha value is -1.10. The fraction of sp³-hybridized carbons (Fsp3) is 0.571. The van der Waals surface area contributed by atoms with Gasteiger partial charge in [-0.25, -0.2) is 0 Å². The Balaban J connectivity index is 1.94. The van der Waals surface area contributed by atoms with Crippen molar-refractivity contribution in [1.29, 1.82) is 0 Å². The highest BCUT2D eigenvalue weighted by Gasteiger charge is 1.97. The van der Waals surface area contributed by atoms with E-state index in [0.29, 0.717) is 19.8 Å². The fourth-order valence-corrected chi connectivity index (χ4v) is 1.55. The third-order valence-corrected chi connectivity index (χ3v) is 2.58. The molecule has 0 aliphatic carbocycles. The second-order valence-electron chi connectivity index (χ2n) is 4.02. The highest BCUT2D eigenvalue weighted by Crippen LogP contribution is 2.10. The van der Waals surface area contributed by atoms with Gasteiger partial charge < -0.3 is 19.9 Å². The Bertz CT molecular complexity index is 318. The van der Waals surface area contributed by atoms with E-state index < -0.39 is 0 Å². The van der Waals surface area contributed by atoms with Crippen molar-refractivity contribution in [3.8, 4) is 0 Å². The molecule has 2 N–H and O–H groups in total. The van der Waals surface area contributed by atoms with E-state index in [4.69, 9.17) is 19.9 Å². The van der Waals surface area contributed by atoms with Crippen molar-refractivity contribution in [2.24, 2.45) is 0 Å². The molecule has 0 amide bonds. The topological polar surface area (TPSA) is 53.7 Å². The van der Waals surface area contributed by atoms with E-state index in [1.54, 1.807) is 7.11 Å². The second kappa shape index (κ2) is 9.88. The van der Waals surface area contributed by atoms with Crippen LogP contribution in [0.5, 0.6) is 0 Å². The first kappa shape index (κ1) is 15.0. The molecule has 0 fully saturated rings. The average Bonchev–Trinajstić information content (AvgIpc) is 2.39. The Morgan fingerprint density at radius 2 is 1.67 bits per heavy atom. The first-order chi connectivity index (χ1) is 8.84. The van der Waals surface area contributed by atoms with Gasteiger partial charge >= 0.3 is 0 Å². The first-order valence-corrected chi connectivity index (χ1v) is 6.32. The quantitative estimate of drug-likeness (QED) is 0.511. The van der Waals surface area contributed by atoms with Crippen LogP contribution in [0.25, 0.3) is 0 Å². The van der Waals surface area contributed by atoms with Gasteiger partial charge in [-0.05, 0) is 24.5 Å². The molecule has 4 heteroatoms. The maximum atomic E-state index is 5.84. The molecule has 0 saturated heterocycles. The molecule has 1 rings (SSSR count). The van der Waals surface area contributed by atoms with Crippen molar-refractivity contribution >= 4 is 5.69 Å². The molecule has 0 bridgehead atoms. The normalized spacial score (nSPS) is 10.7. The zero-order valence-corrected chi connectivity index (χ0v) is 11.1. The Kier molecular flexibility index (Phi) is 8.21. The van der Waals surface area contributed by atoms with Crippen molar-refractivity contribution in [3.63, 3.8) is 0 Å². The average molecular weight is 253 g/mol. The first-order valence-electron chi connectivity index (χ1n) is 6.32. The van der Waals surface area contributed by atoms with E-state index in [0.717, 1.165) is 37.3 Å². The van der Waals surface area contributed by atoms with Crippen LogP contribution in [-0.2, 0) is 20.6 Å². The summed E-state index contributed by atoms with van der Waals surface area (Å²) in [5.74, 6) is 0. The third kappa shape index (κ3) is 6.59. The summed E-state index contributed by atoms with van der Waals surface area (Å²) in [6, 6.07) is 7.89. The molecule has 0 unspecified atom stereocenters. The predicted octanol–water partition coefficient (Wildman–Crippen LogP) is 1.88. The molecule has 0 saturated carbocycles. The summed E-state index contributed by atoms with van der Waals surface area (Å²) < 4.78 is 15.7. The van der Waals surface area contributed by atoms with Crippen LogP contribution in [0.4, 0.5) is 5.69 Å². The minimum Gasteiger partial charge on any atom is -0.399 e. The molecule has 102 valence electrons. The van der Waals surface area contributed by atoms with Crippen LogP contribution in [0.1, 0.15) is 12.0 Å². The molecule has 1 aromatic rings. The van der Waals surface area contributed by atoms with Crippen LogP contribution in [0.15, 0.2) is 24.3 Å². The lowest BCUT2D eigenvalue weighted by molar-refractivity contribution is 0.0519. The van der Waals surface area contributed by atoms with E-state index in [9.17, 15) is 0 Å². The summed E-state index contributed by atoms with van der Waals surface area (Å²) in [5.41, 5.74) is 7.83. The molecule has 0 aliphatic rings. The Morgan fingerprint density at radius 1 is 0.944 bits per heavy atom. The van der Waals surface area contributed by atoms with Crippen molar-refractivity contribution in [3.05, 3.63) is 29.8 Å². The molecule has 0 spiro atoms. The zero-order chi connectivity index (χ0) is 13.1. The van der Waals surface area contributed by atoms with E-state index in [-0.39, 0.29) is 0 Å². The number of nitrogen functional groups attached to an aromatic ring is 1. The predicted molar refractivity (Wildman–Crippen MR) is 72.7 cm³/mol. The maximum Gasteiger partial charge on any atom is 0.0700 e. The van der Waals surface area contributed by atoms with Gasteiger partial charge in [0.1, 0.15) is 0 Å². The van der Waals surface area contributed by atoms with Gasteiger partial charge in [0.15, 0.2) is 0 Å². The summed E-state index contributed by atoms with van der Waals surface area (Å²) in [7, 11) is 1.67. The summed E-state index contributed by atoms with van der Waals surface area (Å²) in [6.07, 6.45) is 1.77. The summed E-state index contributed by atoms with van der Waals surface area (Å²) >= 11 is 0. The number of methoxy groups -OCH3 is 1. The molecule has 0 heterocycles. The molecule has 0 aromatic heterocycles. The number of rotatable bonds is 10. The number of ether oxygens (including phenoxy) is 3. The summed E-state index contributed by atoms with van der Waals surface area (Å²) in [6.45, 7) is 3.44. The van der Waals surface area contributed by atoms with Crippen LogP contribution in [0.3, 0.4) is 0 Å². The lowest BCUT2D eigenvalue weighted by Gasteiger charge is -2.07. The third-order valence-electron chi connectivity index (χ3n) is 2.58. The largest absolute Gasteiger partial charge is 0.399 e. The Morgan fingerprint density at radius 3 is 2.39 bits per heavy atom. The van der Waals surface area contributed by atoms with Crippen molar-refractivity contribution in [2.45, 2.75) is 12.8 Å². The monoisotopic (exact) mass is 253 g/mol. The van der Waals surface area contributed by atoms with Crippen molar-refractivity contribution in [2.75, 3.05) is 45.9 Å². The van der Waals surface area contributed by atoms with Crippen LogP contribution in [-0.4, -0.2) is 40.1 Å². The maximum absolute atomic E-state index is 5.84. The van der Waals surface area contributed by atoms with Gasteiger partial charge in [-0.15, -0.1) is 0 Å². The van der Waals surface area contributed by atoms with Gasteiger partial charge in [-0.1, -0.05) is 18.2 Å². The van der Waals surface area contributed by atoms with E-state index in [1.165, 1.54) is 0 Å². The van der Waals surface area contributed by atoms with Crippen LogP contribution in [0, 0.1) is 0 Å². The van der Waals surface area contributed by atoms with Crippen molar-refractivity contribution in [1.82, 2.24) is 0 Å². The van der Waals surface area contributed by atoms with Gasteiger partial charge in [-0.3, -0.25) is 0 Å². The number of benzene rings is 1. The molecular weight excluding hydrogens is 230 g/mol. The second-order valence-corrected chi connectivity index (χ2v) is 4.02. The SMILES string of the molecule is COCCOCCCOCCc1ccccc1N. The van der Waals surface area contributed by atoms with Crippen molar-refractivity contribution < 1.29 is 14.2 Å². The molecule has 0 aliphatic heterocycles. The van der Waals surface area contributed by atoms with Crippen LogP contribution < -0.4 is 5.73 Å². The number of hydrogen-bond donors (Lipinski definition) is 1. The van der Waals surface area contributed by atoms with Gasteiger partial charge in [0.2, 0.25) is 0 Å². The molecular formula is C14H23NO3. The van der Waals surface area contributed by atoms with E-state index >= 15 is 0 Å². The van der Waals surface area contributed by atoms with Gasteiger partial charge in [-0.2, -0.15) is 0 Å². The minimum atomic E-state index is 0.647. The molecule has 1 aromatic carbocycles. The standard InChI is InChI=1S/C14H23NO3/c1-16-11-12-18-9-4-8-17-10-7-13-5-2-3-6-14(13)15/h2-3,5-6H,4,7-12,15H2,1H3. The zero-order valence-electron chi connectivity index (χ0n) is 11.1. The number of anilines is 1. The molecule has 0 radical (unpaired) electrons. The van der Waals surface area contributed by atoms with Crippen LogP contribution in [0.2, 0.25) is 0 Å². The lowest BCUT2D eigenvalue weighted by Crippen LogP contribution is -2.07. The molecule has 4 nitrogen and oxygen atoms in total. The summed E-state index contributed by atoms with van der Waals surface area (Å²) in [5, 5.41) is 0. The minimum absolute atomic E-state index is 0.647. The number of para-hydroxylation sites is 1. The fourth-order valence-electron chi connectivity index (χ4n) is 1.55. The van der Waals surface area contributed by atoms with E-state index in [1.807, 2.05) is 24.3 Å². The van der Waals surface area contributed by atoms with E-state index in [2.05, 4.69) is 0 Å². The highest BCUT2D eigenvalue weighted by molar-refractivity contribution is 5.46. The molecule has 18 heavy (non-hydrogen) atoms. The number of hydrogen-bond acceptors (Lipinski definition) is 4. The lowest BCUT2D eigenvalue weighted by atomic mass is 10.1.